The molecule has 48 heavy (non-hydrogen) atoms. The Hall–Kier alpha value is -4.96. The molecule has 3 aromatic heterocycles. The van der Waals surface area contributed by atoms with E-state index in [4.69, 9.17) is 5.10 Å². The molecule has 2 aliphatic heterocycles. The number of alkyl halides is 3. The minimum Gasteiger partial charge on any atom is -0.386 e. The third-order valence-corrected chi connectivity index (χ3v) is 8.46. The van der Waals surface area contributed by atoms with Crippen LogP contribution in [0.1, 0.15) is 66.3 Å². The molecular weight excluding hydrogens is 636 g/mol. The summed E-state index contributed by atoms with van der Waals surface area (Å²) in [5.41, 5.74) is -0.965. The number of halogens is 4. The minimum absolute atomic E-state index is 0.0166. The number of carbonyl (C=O) groups excluding carboxylic acids is 3. The summed E-state index contributed by atoms with van der Waals surface area (Å²) in [5, 5.41) is 21.2. The quantitative estimate of drug-likeness (QED) is 0.240. The number of pyridine rings is 2. The number of nitrogens with one attached hydrogen (secondary N) is 2. The Morgan fingerprint density at radius 2 is 1.81 bits per heavy atom. The third-order valence-electron chi connectivity index (χ3n) is 8.46. The summed E-state index contributed by atoms with van der Waals surface area (Å²) in [6, 6.07) is 6.06. The van der Waals surface area contributed by atoms with Gasteiger partial charge in [0.1, 0.15) is 17.3 Å². The maximum atomic E-state index is 14.7. The van der Waals surface area contributed by atoms with Crippen LogP contribution in [0.3, 0.4) is 0 Å². The van der Waals surface area contributed by atoms with Crippen LogP contribution in [0.5, 0.6) is 0 Å². The summed E-state index contributed by atoms with van der Waals surface area (Å²) in [4.78, 5) is 47.5. The average Bonchev–Trinajstić information content (AvgIpc) is 3.44. The fourth-order valence-corrected chi connectivity index (χ4v) is 5.88. The van der Waals surface area contributed by atoms with Crippen molar-refractivity contribution in [2.45, 2.75) is 57.5 Å². The van der Waals surface area contributed by atoms with Gasteiger partial charge in [-0.3, -0.25) is 34.4 Å². The molecule has 0 atom stereocenters. The van der Waals surface area contributed by atoms with Gasteiger partial charge in [0.15, 0.2) is 0 Å². The highest BCUT2D eigenvalue weighted by atomic mass is 19.4. The second kappa shape index (κ2) is 12.6. The zero-order chi connectivity index (χ0) is 34.4. The van der Waals surface area contributed by atoms with Crippen molar-refractivity contribution in [2.24, 2.45) is 0 Å². The average molecular weight is 669 g/mol. The number of hydrogen-bond donors (Lipinski definition) is 3. The van der Waals surface area contributed by atoms with E-state index in [9.17, 15) is 37.1 Å². The van der Waals surface area contributed by atoms with Crippen LogP contribution in [-0.2, 0) is 23.1 Å². The van der Waals surface area contributed by atoms with Crippen LogP contribution in [0, 0.1) is 5.82 Å². The van der Waals surface area contributed by atoms with Crippen molar-refractivity contribution in [1.29, 1.82) is 0 Å². The van der Waals surface area contributed by atoms with Gasteiger partial charge in [-0.15, -0.1) is 0 Å². The molecule has 3 N–H and O–H groups in total. The number of nitrogens with zero attached hydrogens (tertiary/aromatic N) is 6. The molecule has 4 amide bonds. The van der Waals surface area contributed by atoms with Gasteiger partial charge in [0, 0.05) is 67.2 Å². The monoisotopic (exact) mass is 668 g/mol. The lowest BCUT2D eigenvalue weighted by Gasteiger charge is -2.32. The van der Waals surface area contributed by atoms with E-state index in [1.54, 1.807) is 26.0 Å². The molecule has 4 aromatic rings. The third kappa shape index (κ3) is 6.99. The van der Waals surface area contributed by atoms with Crippen molar-refractivity contribution in [1.82, 2.24) is 30.0 Å². The van der Waals surface area contributed by atoms with E-state index in [2.05, 4.69) is 25.5 Å². The van der Waals surface area contributed by atoms with Gasteiger partial charge in [0.2, 0.25) is 5.91 Å². The maximum absolute atomic E-state index is 14.7. The molecule has 252 valence electrons. The van der Waals surface area contributed by atoms with Gasteiger partial charge in [-0.2, -0.15) is 18.3 Å². The van der Waals surface area contributed by atoms with E-state index in [0.29, 0.717) is 54.5 Å². The van der Waals surface area contributed by atoms with E-state index in [-0.39, 0.29) is 42.0 Å². The lowest BCUT2D eigenvalue weighted by Crippen LogP contribution is -2.50. The predicted octanol–water partition coefficient (Wildman–Crippen LogP) is 4.75. The van der Waals surface area contributed by atoms with Gasteiger partial charge < -0.3 is 10.4 Å². The van der Waals surface area contributed by atoms with Crippen molar-refractivity contribution in [3.8, 4) is 0 Å². The van der Waals surface area contributed by atoms with Gasteiger partial charge in [-0.05, 0) is 57.0 Å². The number of piperidine rings is 1. The number of amides is 4. The SMILES string of the molecule is CC(C)(O)c1cc2nn(C3CCN(Cc4cc(N5CCC(=O)NC5=O)ncc4F)CC3)cc2cc1NC(=O)c1ccc(C(F)(F)F)nc1. The zero-order valence-electron chi connectivity index (χ0n) is 26.0. The molecule has 1 aromatic carbocycles. The van der Waals surface area contributed by atoms with Crippen molar-refractivity contribution >= 4 is 40.3 Å². The molecule has 5 heterocycles. The Balaban J connectivity index is 1.15. The Bertz CT molecular complexity index is 1880. The molecule has 16 heteroatoms. The molecule has 12 nitrogen and oxygen atoms in total. The smallest absolute Gasteiger partial charge is 0.386 e. The predicted molar refractivity (Wildman–Crippen MR) is 165 cm³/mol. The molecule has 0 aliphatic carbocycles. The lowest BCUT2D eigenvalue weighted by atomic mass is 9.95. The Kier molecular flexibility index (Phi) is 8.63. The summed E-state index contributed by atoms with van der Waals surface area (Å²) >= 11 is 0. The molecule has 6 rings (SSSR count). The van der Waals surface area contributed by atoms with Gasteiger partial charge >= 0.3 is 12.2 Å². The highest BCUT2D eigenvalue weighted by Crippen LogP contribution is 2.34. The highest BCUT2D eigenvalue weighted by Gasteiger charge is 2.33. The van der Waals surface area contributed by atoms with Crippen LogP contribution >= 0.6 is 0 Å². The number of fused-ring (bicyclic) bond motifs is 1. The largest absolute Gasteiger partial charge is 0.433 e. The van der Waals surface area contributed by atoms with E-state index >= 15 is 0 Å². The number of imide groups is 1. The fraction of sp³-hybridized carbons (Fsp3) is 0.375. The number of urea groups is 1. The van der Waals surface area contributed by atoms with Crippen molar-refractivity contribution < 1.29 is 37.1 Å². The molecule has 2 aliphatic rings. The standard InChI is InChI=1S/C32H32F4N8O4/c1-31(2,48)22-13-24-20(11-25(22)39-29(46)18-3-4-26(37-14-18)32(34,35)36)17-44(41-24)21-5-8-42(9-6-21)16-19-12-27(38-15-23(19)33)43-10-7-28(45)40-30(43)47/h3-4,11-15,17,21,48H,5-10,16H2,1-2H3,(H,39,46)(H,40,45,47). The first-order valence-corrected chi connectivity index (χ1v) is 15.2. The normalized spacial score (nSPS) is 16.8. The number of aliphatic hydroxyl groups is 1. The molecule has 0 bridgehead atoms. The zero-order valence-corrected chi connectivity index (χ0v) is 26.0. The topological polar surface area (TPSA) is 146 Å². The first-order valence-electron chi connectivity index (χ1n) is 15.2. The van der Waals surface area contributed by atoms with Gasteiger partial charge in [0.25, 0.3) is 5.91 Å². The number of likely N-dealkylation sites (tertiary alicyclic amines) is 1. The lowest BCUT2D eigenvalue weighted by molar-refractivity contribution is -0.141. The van der Waals surface area contributed by atoms with E-state index in [1.165, 1.54) is 11.0 Å². The van der Waals surface area contributed by atoms with Crippen LogP contribution in [0.4, 0.5) is 33.9 Å². The van der Waals surface area contributed by atoms with Gasteiger partial charge in [-0.25, -0.2) is 14.2 Å². The van der Waals surface area contributed by atoms with Crippen molar-refractivity contribution in [3.05, 3.63) is 77.1 Å². The number of benzene rings is 1. The van der Waals surface area contributed by atoms with Crippen LogP contribution in [0.25, 0.3) is 10.9 Å². The van der Waals surface area contributed by atoms with Crippen molar-refractivity contribution in [2.75, 3.05) is 29.9 Å². The van der Waals surface area contributed by atoms with Gasteiger partial charge in [0.05, 0.1) is 28.9 Å². The number of anilines is 2. The van der Waals surface area contributed by atoms with E-state index < -0.39 is 35.2 Å². The summed E-state index contributed by atoms with van der Waals surface area (Å²) < 4.78 is 55.3. The molecule has 2 fully saturated rings. The first kappa shape index (κ1) is 33.0. The maximum Gasteiger partial charge on any atom is 0.433 e. The minimum atomic E-state index is -4.63. The first-order chi connectivity index (χ1) is 22.7. The van der Waals surface area contributed by atoms with Crippen LogP contribution < -0.4 is 15.5 Å². The second-order valence-corrected chi connectivity index (χ2v) is 12.4. The van der Waals surface area contributed by atoms with Crippen LogP contribution in [-0.4, -0.2) is 67.2 Å². The summed E-state index contributed by atoms with van der Waals surface area (Å²) in [5.74, 6) is -1.28. The number of hydrogen-bond acceptors (Lipinski definition) is 8. The highest BCUT2D eigenvalue weighted by molar-refractivity contribution is 6.06. The molecule has 0 unspecified atom stereocenters. The van der Waals surface area contributed by atoms with Crippen LogP contribution in [0.15, 0.2) is 48.9 Å². The Morgan fingerprint density at radius 1 is 1.06 bits per heavy atom. The summed E-state index contributed by atoms with van der Waals surface area (Å²) in [7, 11) is 0. The Labute approximate surface area is 271 Å². The van der Waals surface area contributed by atoms with Crippen LogP contribution in [0.2, 0.25) is 0 Å². The molecular formula is C32H32F4N8O4. The number of rotatable bonds is 7. The fourth-order valence-electron chi connectivity index (χ4n) is 5.88. The molecule has 0 saturated carbocycles. The number of carbonyl (C=O) groups is 3. The molecule has 0 spiro atoms. The molecule has 0 radical (unpaired) electrons. The van der Waals surface area contributed by atoms with Gasteiger partial charge in [-0.1, -0.05) is 0 Å². The second-order valence-electron chi connectivity index (χ2n) is 12.4. The summed E-state index contributed by atoms with van der Waals surface area (Å²) in [6.45, 7) is 4.83. The number of aromatic nitrogens is 4. The Morgan fingerprint density at radius 3 is 2.46 bits per heavy atom. The van der Waals surface area contributed by atoms with Crippen molar-refractivity contribution in [3.63, 3.8) is 0 Å². The molecule has 2 saturated heterocycles. The van der Waals surface area contributed by atoms with E-state index in [0.717, 1.165) is 24.5 Å². The van der Waals surface area contributed by atoms with E-state index in [1.807, 2.05) is 10.9 Å². The summed E-state index contributed by atoms with van der Waals surface area (Å²) in [6.07, 6.45) is 0.664.